The summed E-state index contributed by atoms with van der Waals surface area (Å²) in [7, 11) is 0. The maximum absolute atomic E-state index is 12.7. The number of carbonyl (C=O) groups excluding carboxylic acids is 3. The molecule has 0 N–H and O–H groups in total. The van der Waals surface area contributed by atoms with Crippen LogP contribution < -0.4 is 0 Å². The molecule has 0 aromatic rings. The number of hydrogen-bond donors (Lipinski definition) is 0. The highest BCUT2D eigenvalue weighted by Gasteiger charge is 2.19. The standard InChI is InChI=1S/C60H108O6/c1-4-7-10-13-16-18-19-20-21-22-23-24-25-26-27-28-29-30-31-32-33-34-35-36-37-38-39-40-41-42-45-47-50-53-59(62)65-56-57(55-64-58(61)52-49-46-43-15-12-9-6-3)66-60(63)54-51-48-44-17-14-11-8-5-2/h7,10,16,18,20-21,23-24,57H,4-6,8-9,11-15,17,19,22,25-56H2,1-3H3/b10-7-,18-16-,21-20-,24-23-. The smallest absolute Gasteiger partial charge is 0.306 e. The minimum absolute atomic E-state index is 0.0675. The first kappa shape index (κ1) is 63.4. The molecule has 0 aliphatic heterocycles. The third-order valence-corrected chi connectivity index (χ3v) is 12.6. The first-order chi connectivity index (χ1) is 32.5. The molecule has 0 aromatic heterocycles. The number of allylic oxidation sites excluding steroid dienone is 8. The van der Waals surface area contributed by atoms with Crippen molar-refractivity contribution in [2.24, 2.45) is 0 Å². The second-order valence-corrected chi connectivity index (χ2v) is 19.2. The van der Waals surface area contributed by atoms with E-state index in [9.17, 15) is 14.4 Å². The molecule has 0 saturated heterocycles. The van der Waals surface area contributed by atoms with Gasteiger partial charge in [0.2, 0.25) is 0 Å². The van der Waals surface area contributed by atoms with Gasteiger partial charge in [-0.1, -0.05) is 268 Å². The zero-order chi connectivity index (χ0) is 47.9. The van der Waals surface area contributed by atoms with E-state index in [-0.39, 0.29) is 31.1 Å². The Morgan fingerprint density at radius 3 is 0.924 bits per heavy atom. The Morgan fingerprint density at radius 1 is 0.318 bits per heavy atom. The van der Waals surface area contributed by atoms with Crippen molar-refractivity contribution in [3.8, 4) is 0 Å². The third-order valence-electron chi connectivity index (χ3n) is 12.6. The van der Waals surface area contributed by atoms with Crippen LogP contribution in [0.3, 0.4) is 0 Å². The normalized spacial score (nSPS) is 12.3. The van der Waals surface area contributed by atoms with Crippen LogP contribution in [0.15, 0.2) is 48.6 Å². The van der Waals surface area contributed by atoms with E-state index in [0.717, 1.165) is 83.5 Å². The lowest BCUT2D eigenvalue weighted by molar-refractivity contribution is -0.167. The van der Waals surface area contributed by atoms with E-state index in [1.165, 1.54) is 173 Å². The van der Waals surface area contributed by atoms with Crippen molar-refractivity contribution in [2.75, 3.05) is 13.2 Å². The van der Waals surface area contributed by atoms with Crippen molar-refractivity contribution < 1.29 is 28.6 Å². The number of hydrogen-bond acceptors (Lipinski definition) is 6. The van der Waals surface area contributed by atoms with E-state index in [1.54, 1.807) is 0 Å². The fourth-order valence-corrected chi connectivity index (χ4v) is 8.32. The number of rotatable bonds is 52. The summed E-state index contributed by atoms with van der Waals surface area (Å²) < 4.78 is 16.7. The van der Waals surface area contributed by atoms with Crippen molar-refractivity contribution in [1.29, 1.82) is 0 Å². The highest BCUT2D eigenvalue weighted by atomic mass is 16.6. The molecule has 6 nitrogen and oxygen atoms in total. The van der Waals surface area contributed by atoms with Gasteiger partial charge < -0.3 is 14.2 Å². The number of ether oxygens (including phenoxy) is 3. The lowest BCUT2D eigenvalue weighted by atomic mass is 10.0. The van der Waals surface area contributed by atoms with Crippen LogP contribution in [0.5, 0.6) is 0 Å². The van der Waals surface area contributed by atoms with E-state index < -0.39 is 6.10 Å². The fourth-order valence-electron chi connectivity index (χ4n) is 8.32. The van der Waals surface area contributed by atoms with Gasteiger partial charge in [0.25, 0.3) is 0 Å². The molecule has 1 atom stereocenters. The minimum Gasteiger partial charge on any atom is -0.462 e. The van der Waals surface area contributed by atoms with Gasteiger partial charge in [0, 0.05) is 19.3 Å². The lowest BCUT2D eigenvalue weighted by Gasteiger charge is -2.18. The predicted octanol–water partition coefficient (Wildman–Crippen LogP) is 19.0. The molecule has 384 valence electrons. The largest absolute Gasteiger partial charge is 0.462 e. The molecule has 0 amide bonds. The molecule has 1 unspecified atom stereocenters. The molecule has 0 spiro atoms. The Morgan fingerprint density at radius 2 is 0.591 bits per heavy atom. The molecule has 66 heavy (non-hydrogen) atoms. The minimum atomic E-state index is -0.762. The van der Waals surface area contributed by atoms with Gasteiger partial charge in [0.05, 0.1) is 0 Å². The second kappa shape index (κ2) is 55.0. The topological polar surface area (TPSA) is 78.9 Å². The summed E-state index contributed by atoms with van der Waals surface area (Å²) in [5.41, 5.74) is 0. The maximum Gasteiger partial charge on any atom is 0.306 e. The Labute approximate surface area is 409 Å². The number of esters is 3. The van der Waals surface area contributed by atoms with Gasteiger partial charge in [-0.05, 0) is 57.8 Å². The van der Waals surface area contributed by atoms with E-state index in [0.29, 0.717) is 19.3 Å². The fraction of sp³-hybridized carbons (Fsp3) is 0.817. The first-order valence-corrected chi connectivity index (χ1v) is 28.6. The molecule has 0 radical (unpaired) electrons. The SMILES string of the molecule is CC/C=C\C/C=C\C/C=C\C/C=C\CCCCCCCCCCCCCCCCCCCCCCC(=O)OCC(COC(=O)CCCCCCCCC)OC(=O)CCCCCCCCCC. The zero-order valence-electron chi connectivity index (χ0n) is 44.0. The highest BCUT2D eigenvalue weighted by Crippen LogP contribution is 2.17. The average molecular weight is 926 g/mol. The molecule has 0 aliphatic carbocycles. The van der Waals surface area contributed by atoms with E-state index in [4.69, 9.17) is 14.2 Å². The van der Waals surface area contributed by atoms with Crippen molar-refractivity contribution in [3.05, 3.63) is 48.6 Å². The Hall–Kier alpha value is -2.63. The van der Waals surface area contributed by atoms with Crippen LogP contribution in [-0.4, -0.2) is 37.2 Å². The van der Waals surface area contributed by atoms with Crippen LogP contribution in [0.4, 0.5) is 0 Å². The summed E-state index contributed by atoms with van der Waals surface area (Å²) in [4.78, 5) is 37.7. The van der Waals surface area contributed by atoms with Gasteiger partial charge in [0.15, 0.2) is 6.10 Å². The maximum atomic E-state index is 12.7. The van der Waals surface area contributed by atoms with Crippen molar-refractivity contribution in [2.45, 2.75) is 303 Å². The monoisotopic (exact) mass is 925 g/mol. The van der Waals surface area contributed by atoms with E-state index in [1.807, 2.05) is 0 Å². The molecule has 0 saturated carbocycles. The Bertz CT molecular complexity index is 1150. The molecule has 0 aliphatic rings. The van der Waals surface area contributed by atoms with E-state index >= 15 is 0 Å². The van der Waals surface area contributed by atoms with Crippen LogP contribution in [0.25, 0.3) is 0 Å². The first-order valence-electron chi connectivity index (χ1n) is 28.6. The highest BCUT2D eigenvalue weighted by molar-refractivity contribution is 5.71. The molecular formula is C60H108O6. The van der Waals surface area contributed by atoms with E-state index in [2.05, 4.69) is 69.4 Å². The molecule has 0 rings (SSSR count). The Kier molecular flexibility index (Phi) is 52.8. The van der Waals surface area contributed by atoms with Crippen LogP contribution in [0.1, 0.15) is 297 Å². The second-order valence-electron chi connectivity index (χ2n) is 19.2. The van der Waals surface area contributed by atoms with Crippen molar-refractivity contribution >= 4 is 17.9 Å². The van der Waals surface area contributed by atoms with Crippen LogP contribution in [0.2, 0.25) is 0 Å². The van der Waals surface area contributed by atoms with Gasteiger partial charge in [-0.2, -0.15) is 0 Å². The summed E-state index contributed by atoms with van der Waals surface area (Å²) in [6.07, 6.45) is 67.4. The average Bonchev–Trinajstić information content (AvgIpc) is 3.31. The summed E-state index contributed by atoms with van der Waals surface area (Å²) in [5, 5.41) is 0. The van der Waals surface area contributed by atoms with Gasteiger partial charge in [-0.15, -0.1) is 0 Å². The lowest BCUT2D eigenvalue weighted by Crippen LogP contribution is -2.30. The van der Waals surface area contributed by atoms with Gasteiger partial charge in [0.1, 0.15) is 13.2 Å². The van der Waals surface area contributed by atoms with Gasteiger partial charge >= 0.3 is 17.9 Å². The third kappa shape index (κ3) is 52.3. The summed E-state index contributed by atoms with van der Waals surface area (Å²) in [6.45, 7) is 6.47. The predicted molar refractivity (Wildman–Crippen MR) is 284 cm³/mol. The van der Waals surface area contributed by atoms with Crippen molar-refractivity contribution in [1.82, 2.24) is 0 Å². The van der Waals surface area contributed by atoms with Crippen molar-refractivity contribution in [3.63, 3.8) is 0 Å². The van der Waals surface area contributed by atoms with Gasteiger partial charge in [-0.25, -0.2) is 0 Å². The summed E-state index contributed by atoms with van der Waals surface area (Å²) in [6, 6.07) is 0. The number of carbonyl (C=O) groups is 3. The van der Waals surface area contributed by atoms with Crippen LogP contribution >= 0.6 is 0 Å². The Balaban J connectivity index is 3.85. The van der Waals surface area contributed by atoms with Crippen LogP contribution in [0, 0.1) is 0 Å². The summed E-state index contributed by atoms with van der Waals surface area (Å²) in [5.74, 6) is -0.867. The molecule has 0 heterocycles. The molecule has 0 fully saturated rings. The zero-order valence-corrected chi connectivity index (χ0v) is 44.0. The molecular weight excluding hydrogens is 817 g/mol. The molecule has 6 heteroatoms. The summed E-state index contributed by atoms with van der Waals surface area (Å²) >= 11 is 0. The quantitative estimate of drug-likeness (QED) is 0.0262. The molecule has 0 bridgehead atoms. The van der Waals surface area contributed by atoms with Gasteiger partial charge in [-0.3, -0.25) is 14.4 Å². The molecule has 0 aromatic carbocycles. The van der Waals surface area contributed by atoms with Crippen LogP contribution in [-0.2, 0) is 28.6 Å². The number of unbranched alkanes of at least 4 members (excludes halogenated alkanes) is 33.